The molecule has 37 heavy (non-hydrogen) atoms. The molecular weight excluding hydrogens is 480 g/mol. The number of carbonyl (C=O) groups excluding carboxylic acids is 2. The van der Waals surface area contributed by atoms with E-state index in [9.17, 15) is 18.4 Å². The molecule has 0 radical (unpaired) electrons. The van der Waals surface area contributed by atoms with Gasteiger partial charge in [-0.25, -0.2) is 8.78 Å². The lowest BCUT2D eigenvalue weighted by Gasteiger charge is -2.40. The van der Waals surface area contributed by atoms with Crippen molar-refractivity contribution in [2.75, 3.05) is 18.1 Å². The Hall–Kier alpha value is -3.62. The van der Waals surface area contributed by atoms with Gasteiger partial charge in [0, 0.05) is 17.7 Å². The summed E-state index contributed by atoms with van der Waals surface area (Å²) in [6.45, 7) is 7.57. The molecule has 196 valence electrons. The van der Waals surface area contributed by atoms with E-state index in [-0.39, 0.29) is 23.6 Å². The van der Waals surface area contributed by atoms with Crippen molar-refractivity contribution in [3.63, 3.8) is 0 Å². The molecule has 1 atom stereocenters. The second-order valence-corrected chi connectivity index (χ2v) is 8.05. The Morgan fingerprint density at radius 1 is 0.919 bits per heavy atom. The van der Waals surface area contributed by atoms with Gasteiger partial charge >= 0.3 is 0 Å². The largest absolute Gasteiger partial charge is 0.429 e. The van der Waals surface area contributed by atoms with Crippen molar-refractivity contribution in [1.29, 1.82) is 0 Å². The average molecular weight is 512 g/mol. The summed E-state index contributed by atoms with van der Waals surface area (Å²) in [4.78, 5) is 23.7. The zero-order chi connectivity index (χ0) is 26.8. The van der Waals surface area contributed by atoms with Gasteiger partial charge in [-0.3, -0.25) is 9.59 Å². The lowest BCUT2D eigenvalue weighted by Crippen LogP contribution is -2.46. The molecule has 0 aromatic heterocycles. The predicted octanol–water partition coefficient (Wildman–Crippen LogP) is 6.30. The number of ether oxygens (including phenoxy) is 3. The molecule has 5 rings (SSSR count). The second kappa shape index (κ2) is 13.1. The van der Waals surface area contributed by atoms with Crippen LogP contribution in [0.2, 0.25) is 0 Å². The summed E-state index contributed by atoms with van der Waals surface area (Å²) in [5.41, 5.74) is 2.50. The molecule has 3 aromatic carbocycles. The first-order valence-electron chi connectivity index (χ1n) is 12.3. The standard InChI is InChI=1S/C16H12FNO3.C11H13FO2.C2H6/c17-12-3-5-13(6-4-12)18-15(9-16(18)20)11-1-7-14(8-2-11)21-10-19;1-2-11(13-7-8-14-11)9-3-5-10(12)6-4-9;1-2/h1-8,10,15H,9H2;3-6H,2,7-8H2,1H3;1-2H3. The number of rotatable bonds is 6. The van der Waals surface area contributed by atoms with Gasteiger partial charge in [-0.05, 0) is 54.1 Å². The van der Waals surface area contributed by atoms with Gasteiger partial charge in [0.1, 0.15) is 17.4 Å². The highest BCUT2D eigenvalue weighted by molar-refractivity contribution is 6.01. The first-order valence-corrected chi connectivity index (χ1v) is 12.3. The van der Waals surface area contributed by atoms with Crippen LogP contribution < -0.4 is 9.64 Å². The number of benzene rings is 3. The number of hydrogen-bond donors (Lipinski definition) is 0. The summed E-state index contributed by atoms with van der Waals surface area (Å²) >= 11 is 0. The minimum absolute atomic E-state index is 0.000161. The number of halogens is 2. The Kier molecular flexibility index (Phi) is 9.88. The summed E-state index contributed by atoms with van der Waals surface area (Å²) in [5, 5.41) is 0. The summed E-state index contributed by atoms with van der Waals surface area (Å²) in [6, 6.07) is 19.0. The van der Waals surface area contributed by atoms with E-state index in [0.29, 0.717) is 37.5 Å². The van der Waals surface area contributed by atoms with Crippen LogP contribution in [0.15, 0.2) is 72.8 Å². The van der Waals surface area contributed by atoms with Crippen LogP contribution in [0.3, 0.4) is 0 Å². The van der Waals surface area contributed by atoms with Gasteiger partial charge in [-0.1, -0.05) is 45.0 Å². The minimum Gasteiger partial charge on any atom is -0.429 e. The topological polar surface area (TPSA) is 65.1 Å². The van der Waals surface area contributed by atoms with Crippen molar-refractivity contribution in [2.45, 2.75) is 45.4 Å². The van der Waals surface area contributed by atoms with Gasteiger partial charge in [-0.2, -0.15) is 0 Å². The van der Waals surface area contributed by atoms with E-state index in [1.54, 1.807) is 41.3 Å². The molecule has 0 saturated carbocycles. The molecule has 1 amide bonds. The van der Waals surface area contributed by atoms with Crippen LogP contribution in [0.25, 0.3) is 0 Å². The van der Waals surface area contributed by atoms with E-state index in [4.69, 9.17) is 14.2 Å². The molecular formula is C29H31F2NO5. The van der Waals surface area contributed by atoms with Gasteiger partial charge in [0.05, 0.1) is 25.7 Å². The zero-order valence-electron chi connectivity index (χ0n) is 21.2. The Bertz CT molecular complexity index is 1140. The molecule has 8 heteroatoms. The molecule has 2 aliphatic rings. The third-order valence-electron chi connectivity index (χ3n) is 6.01. The van der Waals surface area contributed by atoms with E-state index in [1.165, 1.54) is 24.3 Å². The smallest absolute Gasteiger partial charge is 0.298 e. The molecule has 6 nitrogen and oxygen atoms in total. The highest BCUT2D eigenvalue weighted by Gasteiger charge is 2.38. The Labute approximate surface area is 215 Å². The highest BCUT2D eigenvalue weighted by atomic mass is 19.1. The van der Waals surface area contributed by atoms with Crippen molar-refractivity contribution in [1.82, 2.24) is 0 Å². The van der Waals surface area contributed by atoms with Gasteiger partial charge in [0.2, 0.25) is 5.91 Å². The Balaban J connectivity index is 0.000000207. The first-order chi connectivity index (χ1) is 18.0. The number of hydrogen-bond acceptors (Lipinski definition) is 5. The van der Waals surface area contributed by atoms with Gasteiger partial charge < -0.3 is 19.1 Å². The van der Waals surface area contributed by atoms with Gasteiger partial charge in [0.25, 0.3) is 6.47 Å². The molecule has 1 unspecified atom stereocenters. The Morgan fingerprint density at radius 3 is 1.95 bits per heavy atom. The lowest BCUT2D eigenvalue weighted by atomic mass is 9.93. The quantitative estimate of drug-likeness (QED) is 0.287. The average Bonchev–Trinajstić information content (AvgIpc) is 3.42. The van der Waals surface area contributed by atoms with Crippen molar-refractivity contribution in [3.8, 4) is 5.75 Å². The normalized spacial score (nSPS) is 17.5. The molecule has 0 bridgehead atoms. The van der Waals surface area contributed by atoms with Crippen molar-refractivity contribution in [2.24, 2.45) is 0 Å². The van der Waals surface area contributed by atoms with Crippen LogP contribution in [-0.2, 0) is 24.8 Å². The van der Waals surface area contributed by atoms with Crippen molar-refractivity contribution >= 4 is 18.1 Å². The fraction of sp³-hybridized carbons (Fsp3) is 0.310. The molecule has 0 spiro atoms. The zero-order valence-corrected chi connectivity index (χ0v) is 21.2. The summed E-state index contributed by atoms with van der Waals surface area (Å²) in [7, 11) is 0. The summed E-state index contributed by atoms with van der Waals surface area (Å²) < 4.78 is 41.6. The third-order valence-corrected chi connectivity index (χ3v) is 6.01. The predicted molar refractivity (Wildman–Crippen MR) is 136 cm³/mol. The first kappa shape index (κ1) is 28.0. The number of carbonyl (C=O) groups is 2. The monoisotopic (exact) mass is 511 g/mol. The Morgan fingerprint density at radius 2 is 1.46 bits per heavy atom. The highest BCUT2D eigenvalue weighted by Crippen LogP contribution is 2.39. The third kappa shape index (κ3) is 6.58. The van der Waals surface area contributed by atoms with Crippen LogP contribution in [-0.4, -0.2) is 25.6 Å². The van der Waals surface area contributed by atoms with Crippen molar-refractivity contribution in [3.05, 3.63) is 95.6 Å². The molecule has 3 aromatic rings. The second-order valence-electron chi connectivity index (χ2n) is 8.05. The summed E-state index contributed by atoms with van der Waals surface area (Å²) in [6.07, 6.45) is 1.14. The molecule has 2 heterocycles. The molecule has 2 aliphatic heterocycles. The summed E-state index contributed by atoms with van der Waals surface area (Å²) in [5.74, 6) is -0.766. The van der Waals surface area contributed by atoms with E-state index < -0.39 is 5.79 Å². The van der Waals surface area contributed by atoms with Gasteiger partial charge in [-0.15, -0.1) is 0 Å². The number of amides is 1. The fourth-order valence-corrected chi connectivity index (χ4v) is 4.17. The number of anilines is 1. The van der Waals surface area contributed by atoms with E-state index >= 15 is 0 Å². The molecule has 0 aliphatic carbocycles. The van der Waals surface area contributed by atoms with E-state index in [2.05, 4.69) is 0 Å². The molecule has 2 saturated heterocycles. The van der Waals surface area contributed by atoms with Gasteiger partial charge in [0.15, 0.2) is 5.79 Å². The lowest BCUT2D eigenvalue weighted by molar-refractivity contribution is -0.167. The maximum atomic E-state index is 13.0. The molecule has 0 N–H and O–H groups in total. The van der Waals surface area contributed by atoms with Crippen molar-refractivity contribution < 1.29 is 32.6 Å². The van der Waals surface area contributed by atoms with Crippen LogP contribution in [0.1, 0.15) is 50.8 Å². The van der Waals surface area contributed by atoms with Crippen LogP contribution in [0, 0.1) is 11.6 Å². The van der Waals surface area contributed by atoms with Crippen LogP contribution in [0.5, 0.6) is 5.75 Å². The maximum Gasteiger partial charge on any atom is 0.298 e. The van der Waals surface area contributed by atoms with E-state index in [0.717, 1.165) is 17.5 Å². The van der Waals surface area contributed by atoms with E-state index in [1.807, 2.05) is 32.9 Å². The molecule has 2 fully saturated rings. The van der Waals surface area contributed by atoms with Crippen LogP contribution in [0.4, 0.5) is 14.5 Å². The SMILES string of the molecule is CC.CCC1(c2ccc(F)cc2)OCCO1.O=COc1ccc(C2CC(=O)N2c2ccc(F)cc2)cc1. The number of β-lactam (4-membered cyclic amide) rings is 1. The van der Waals surface area contributed by atoms with Crippen LogP contribution >= 0.6 is 0 Å². The number of nitrogens with zero attached hydrogens (tertiary/aromatic N) is 1. The maximum absolute atomic E-state index is 13.0. The minimum atomic E-state index is -0.645. The fourth-order valence-electron chi connectivity index (χ4n) is 4.17.